The highest BCUT2D eigenvalue weighted by Gasteiger charge is 2.23. The molecule has 0 aliphatic rings. The van der Waals surface area contributed by atoms with Crippen LogP contribution in [0, 0.1) is 0 Å². The number of halogens is 1. The SMILES string of the molecule is CCCCC(N)C(=O)c1c(Cl)cnn1C(C)C. The first-order valence-corrected chi connectivity index (χ1v) is 6.39. The Bertz CT molecular complexity index is 387. The smallest absolute Gasteiger partial charge is 0.199 e. The van der Waals surface area contributed by atoms with Crippen LogP contribution in [-0.2, 0) is 0 Å². The summed E-state index contributed by atoms with van der Waals surface area (Å²) in [5.41, 5.74) is 6.32. The van der Waals surface area contributed by atoms with Crippen LogP contribution in [0.2, 0.25) is 5.02 Å². The summed E-state index contributed by atoms with van der Waals surface area (Å²) in [7, 11) is 0. The summed E-state index contributed by atoms with van der Waals surface area (Å²) in [6, 6.07) is -0.388. The van der Waals surface area contributed by atoms with Gasteiger partial charge in [0.1, 0.15) is 5.69 Å². The second kappa shape index (κ2) is 6.17. The zero-order chi connectivity index (χ0) is 13.0. The molecule has 17 heavy (non-hydrogen) atoms. The van der Waals surface area contributed by atoms with Crippen molar-refractivity contribution < 1.29 is 4.79 Å². The van der Waals surface area contributed by atoms with E-state index in [1.165, 1.54) is 6.20 Å². The summed E-state index contributed by atoms with van der Waals surface area (Å²) in [6.45, 7) is 5.98. The van der Waals surface area contributed by atoms with E-state index in [0.29, 0.717) is 17.1 Å². The van der Waals surface area contributed by atoms with Crippen molar-refractivity contribution in [2.24, 2.45) is 5.73 Å². The van der Waals surface area contributed by atoms with Gasteiger partial charge in [0.2, 0.25) is 0 Å². The van der Waals surface area contributed by atoms with Crippen LogP contribution in [-0.4, -0.2) is 21.6 Å². The molecule has 0 amide bonds. The van der Waals surface area contributed by atoms with E-state index in [2.05, 4.69) is 12.0 Å². The minimum Gasteiger partial charge on any atom is -0.321 e. The fraction of sp³-hybridized carbons (Fsp3) is 0.667. The topological polar surface area (TPSA) is 60.9 Å². The zero-order valence-electron chi connectivity index (χ0n) is 10.6. The van der Waals surface area contributed by atoms with Gasteiger partial charge < -0.3 is 5.73 Å². The molecular formula is C12H20ClN3O. The van der Waals surface area contributed by atoms with Gasteiger partial charge in [0.25, 0.3) is 0 Å². The Kier molecular flexibility index (Phi) is 5.15. The minimum absolute atomic E-state index is 0.0971. The van der Waals surface area contributed by atoms with Gasteiger partial charge in [0, 0.05) is 6.04 Å². The number of rotatable bonds is 6. The van der Waals surface area contributed by atoms with E-state index >= 15 is 0 Å². The first-order valence-electron chi connectivity index (χ1n) is 6.01. The lowest BCUT2D eigenvalue weighted by atomic mass is 10.0. The predicted molar refractivity (Wildman–Crippen MR) is 69.5 cm³/mol. The van der Waals surface area contributed by atoms with Crippen LogP contribution in [0.4, 0.5) is 0 Å². The fourth-order valence-corrected chi connectivity index (χ4v) is 1.92. The molecule has 2 N–H and O–H groups in total. The highest BCUT2D eigenvalue weighted by Crippen LogP contribution is 2.21. The Hall–Kier alpha value is -0.870. The van der Waals surface area contributed by atoms with Gasteiger partial charge in [0.05, 0.1) is 17.3 Å². The molecule has 96 valence electrons. The predicted octanol–water partition coefficient (Wildman–Crippen LogP) is 2.82. The van der Waals surface area contributed by atoms with E-state index in [-0.39, 0.29) is 11.8 Å². The molecule has 0 spiro atoms. The molecule has 0 radical (unpaired) electrons. The molecule has 1 atom stereocenters. The number of nitrogens with two attached hydrogens (primary N) is 1. The fourth-order valence-electron chi connectivity index (χ4n) is 1.69. The summed E-state index contributed by atoms with van der Waals surface area (Å²) < 4.78 is 1.64. The van der Waals surface area contributed by atoms with Gasteiger partial charge in [-0.25, -0.2) is 0 Å². The number of carbonyl (C=O) groups is 1. The van der Waals surface area contributed by atoms with Gasteiger partial charge in [-0.2, -0.15) is 5.10 Å². The summed E-state index contributed by atoms with van der Waals surface area (Å²) in [4.78, 5) is 12.2. The van der Waals surface area contributed by atoms with Crippen LogP contribution in [0.25, 0.3) is 0 Å². The number of nitrogens with zero attached hydrogens (tertiary/aromatic N) is 2. The Morgan fingerprint density at radius 3 is 2.76 bits per heavy atom. The van der Waals surface area contributed by atoms with Crippen LogP contribution in [0.1, 0.15) is 56.6 Å². The van der Waals surface area contributed by atoms with E-state index in [9.17, 15) is 4.79 Å². The summed E-state index contributed by atoms with van der Waals surface area (Å²) in [6.07, 6.45) is 4.16. The lowest BCUT2D eigenvalue weighted by molar-refractivity contribution is 0.0944. The number of Topliss-reactive ketones (excluding diaryl/α,β-unsaturated/α-hetero) is 1. The summed E-state index contributed by atoms with van der Waals surface area (Å²) in [5.74, 6) is -0.116. The summed E-state index contributed by atoms with van der Waals surface area (Å²) >= 11 is 6.00. The molecule has 0 bridgehead atoms. The zero-order valence-corrected chi connectivity index (χ0v) is 11.4. The number of carbonyl (C=O) groups excluding carboxylic acids is 1. The van der Waals surface area contributed by atoms with Crippen molar-refractivity contribution in [3.8, 4) is 0 Å². The second-order valence-electron chi connectivity index (χ2n) is 4.49. The Labute approximate surface area is 107 Å². The molecule has 1 aromatic rings. The van der Waals surface area contributed by atoms with Gasteiger partial charge in [-0.1, -0.05) is 31.4 Å². The molecule has 0 aliphatic carbocycles. The van der Waals surface area contributed by atoms with Crippen molar-refractivity contribution in [1.29, 1.82) is 0 Å². The van der Waals surface area contributed by atoms with E-state index in [1.54, 1.807) is 4.68 Å². The maximum atomic E-state index is 12.2. The standard InChI is InChI=1S/C12H20ClN3O/c1-4-5-6-10(14)12(17)11-9(13)7-15-16(11)8(2)3/h7-8,10H,4-6,14H2,1-3H3. The molecule has 1 aromatic heterocycles. The average Bonchev–Trinajstić information content (AvgIpc) is 2.67. The van der Waals surface area contributed by atoms with Crippen molar-refractivity contribution in [3.63, 3.8) is 0 Å². The van der Waals surface area contributed by atoms with Crippen molar-refractivity contribution in [1.82, 2.24) is 9.78 Å². The first-order chi connectivity index (χ1) is 7.99. The second-order valence-corrected chi connectivity index (χ2v) is 4.90. The largest absolute Gasteiger partial charge is 0.321 e. The lowest BCUT2D eigenvalue weighted by Gasteiger charge is -2.14. The highest BCUT2D eigenvalue weighted by atomic mass is 35.5. The lowest BCUT2D eigenvalue weighted by Crippen LogP contribution is -2.32. The van der Waals surface area contributed by atoms with E-state index in [1.807, 2.05) is 13.8 Å². The molecule has 1 rings (SSSR count). The number of ketones is 1. The molecule has 0 aliphatic heterocycles. The van der Waals surface area contributed by atoms with E-state index < -0.39 is 6.04 Å². The molecule has 1 unspecified atom stereocenters. The molecular weight excluding hydrogens is 238 g/mol. The molecule has 4 nitrogen and oxygen atoms in total. The minimum atomic E-state index is -0.485. The molecule has 0 fully saturated rings. The third kappa shape index (κ3) is 3.30. The van der Waals surface area contributed by atoms with E-state index in [4.69, 9.17) is 17.3 Å². The van der Waals surface area contributed by atoms with Crippen LogP contribution in [0.5, 0.6) is 0 Å². The number of hydrogen-bond donors (Lipinski definition) is 1. The molecule has 0 aromatic carbocycles. The van der Waals surface area contributed by atoms with E-state index in [0.717, 1.165) is 12.8 Å². The maximum absolute atomic E-state index is 12.2. The van der Waals surface area contributed by atoms with Gasteiger partial charge in [-0.3, -0.25) is 9.48 Å². The number of aromatic nitrogens is 2. The monoisotopic (exact) mass is 257 g/mol. The van der Waals surface area contributed by atoms with Crippen LogP contribution >= 0.6 is 11.6 Å². The van der Waals surface area contributed by atoms with Gasteiger partial charge in [0.15, 0.2) is 5.78 Å². The maximum Gasteiger partial charge on any atom is 0.199 e. The van der Waals surface area contributed by atoms with Crippen LogP contribution < -0.4 is 5.73 Å². The third-order valence-electron chi connectivity index (χ3n) is 2.68. The number of unbranched alkanes of at least 4 members (excludes halogenated alkanes) is 1. The van der Waals surface area contributed by atoms with Crippen LogP contribution in [0.15, 0.2) is 6.20 Å². The normalized spacial score (nSPS) is 13.1. The van der Waals surface area contributed by atoms with Crippen molar-refractivity contribution in [2.75, 3.05) is 0 Å². The first kappa shape index (κ1) is 14.2. The van der Waals surface area contributed by atoms with Gasteiger partial charge >= 0.3 is 0 Å². The Morgan fingerprint density at radius 2 is 2.24 bits per heavy atom. The van der Waals surface area contributed by atoms with Gasteiger partial charge in [-0.05, 0) is 20.3 Å². The summed E-state index contributed by atoms with van der Waals surface area (Å²) in [5, 5.41) is 4.49. The average molecular weight is 258 g/mol. The molecule has 5 heteroatoms. The third-order valence-corrected chi connectivity index (χ3v) is 2.96. The van der Waals surface area contributed by atoms with Crippen molar-refractivity contribution in [3.05, 3.63) is 16.9 Å². The highest BCUT2D eigenvalue weighted by molar-refractivity contribution is 6.33. The Balaban J connectivity index is 2.91. The van der Waals surface area contributed by atoms with Crippen molar-refractivity contribution >= 4 is 17.4 Å². The molecule has 1 heterocycles. The number of hydrogen-bond acceptors (Lipinski definition) is 3. The van der Waals surface area contributed by atoms with Gasteiger partial charge in [-0.15, -0.1) is 0 Å². The Morgan fingerprint density at radius 1 is 1.59 bits per heavy atom. The van der Waals surface area contributed by atoms with Crippen LogP contribution in [0.3, 0.4) is 0 Å². The quantitative estimate of drug-likeness (QED) is 0.797. The van der Waals surface area contributed by atoms with Crippen molar-refractivity contribution in [2.45, 2.75) is 52.1 Å². The molecule has 0 saturated carbocycles. The molecule has 0 saturated heterocycles.